The van der Waals surface area contributed by atoms with Crippen molar-refractivity contribution in [1.29, 1.82) is 0 Å². The fraction of sp³-hybridized carbons (Fsp3) is 0.429. The Bertz CT molecular complexity index is 486. The molecular weight excluding hydrogens is 310 g/mol. The van der Waals surface area contributed by atoms with Crippen molar-refractivity contribution in [1.82, 2.24) is 5.32 Å². The van der Waals surface area contributed by atoms with Crippen LogP contribution in [0.4, 0.5) is 0 Å². The van der Waals surface area contributed by atoms with Crippen molar-refractivity contribution in [3.8, 4) is 0 Å². The van der Waals surface area contributed by atoms with Crippen LogP contribution in [-0.2, 0) is 9.59 Å². The van der Waals surface area contributed by atoms with Gasteiger partial charge in [-0.15, -0.1) is 0 Å². The molecule has 0 bridgehead atoms. The van der Waals surface area contributed by atoms with E-state index in [4.69, 9.17) is 5.11 Å². The van der Waals surface area contributed by atoms with Gasteiger partial charge in [-0.05, 0) is 30.5 Å². The molecule has 0 saturated heterocycles. The van der Waals surface area contributed by atoms with Gasteiger partial charge in [-0.25, -0.2) is 0 Å². The summed E-state index contributed by atoms with van der Waals surface area (Å²) in [5.74, 6) is -1.89. The third kappa shape index (κ3) is 3.35. The van der Waals surface area contributed by atoms with Crippen molar-refractivity contribution in [2.24, 2.45) is 11.8 Å². The smallest absolute Gasteiger partial charge is 0.307 e. The van der Waals surface area contributed by atoms with Gasteiger partial charge in [0.1, 0.15) is 0 Å². The van der Waals surface area contributed by atoms with Crippen molar-refractivity contribution >= 4 is 27.8 Å². The third-order valence-electron chi connectivity index (χ3n) is 3.44. The second-order valence-corrected chi connectivity index (χ2v) is 5.72. The molecule has 1 aromatic rings. The van der Waals surface area contributed by atoms with Crippen LogP contribution in [0.3, 0.4) is 0 Å². The summed E-state index contributed by atoms with van der Waals surface area (Å²) in [6, 6.07) is 7.72. The van der Waals surface area contributed by atoms with Crippen LogP contribution in [0.25, 0.3) is 0 Å². The second-order valence-electron chi connectivity index (χ2n) is 4.81. The van der Waals surface area contributed by atoms with Crippen LogP contribution >= 0.6 is 15.9 Å². The van der Waals surface area contributed by atoms with E-state index in [2.05, 4.69) is 21.2 Å². The number of rotatable bonds is 5. The molecule has 4 nitrogen and oxygen atoms in total. The van der Waals surface area contributed by atoms with Gasteiger partial charge in [0.2, 0.25) is 5.91 Å². The summed E-state index contributed by atoms with van der Waals surface area (Å²) >= 11 is 3.37. The first-order chi connectivity index (χ1) is 9.02. The monoisotopic (exact) mass is 325 g/mol. The van der Waals surface area contributed by atoms with Crippen LogP contribution in [0, 0.1) is 11.8 Å². The van der Waals surface area contributed by atoms with Crippen LogP contribution in [-0.4, -0.2) is 17.0 Å². The van der Waals surface area contributed by atoms with Crippen LogP contribution in [0.2, 0.25) is 0 Å². The zero-order valence-corrected chi connectivity index (χ0v) is 12.2. The number of carbonyl (C=O) groups is 2. The first-order valence-corrected chi connectivity index (χ1v) is 7.11. The summed E-state index contributed by atoms with van der Waals surface area (Å²) in [7, 11) is 0. The lowest BCUT2D eigenvalue weighted by Gasteiger charge is -2.17. The van der Waals surface area contributed by atoms with Crippen molar-refractivity contribution in [3.63, 3.8) is 0 Å². The lowest BCUT2D eigenvalue weighted by Crippen LogP contribution is -2.30. The second kappa shape index (κ2) is 5.74. The highest BCUT2D eigenvalue weighted by atomic mass is 79.9. The molecule has 0 aromatic heterocycles. The van der Waals surface area contributed by atoms with Gasteiger partial charge < -0.3 is 10.4 Å². The standard InChI is InChI=1S/C14H16BrNO3/c1-2-12(8-3-5-9(15)6-4-8)16-13(17)10-7-11(10)14(18)19/h3-6,10-12H,2,7H2,1H3,(H,16,17)(H,18,19). The summed E-state index contributed by atoms with van der Waals surface area (Å²) in [4.78, 5) is 22.7. The Morgan fingerprint density at radius 3 is 2.47 bits per heavy atom. The van der Waals surface area contributed by atoms with Crippen molar-refractivity contribution in [3.05, 3.63) is 34.3 Å². The highest BCUT2D eigenvalue weighted by Crippen LogP contribution is 2.39. The molecule has 5 heteroatoms. The van der Waals surface area contributed by atoms with Gasteiger partial charge >= 0.3 is 5.97 Å². The van der Waals surface area contributed by atoms with Gasteiger partial charge in [-0.2, -0.15) is 0 Å². The molecule has 19 heavy (non-hydrogen) atoms. The van der Waals surface area contributed by atoms with Crippen molar-refractivity contribution in [2.75, 3.05) is 0 Å². The number of halogens is 1. The lowest BCUT2D eigenvalue weighted by molar-refractivity contribution is -0.140. The summed E-state index contributed by atoms with van der Waals surface area (Å²) in [6.45, 7) is 1.99. The minimum atomic E-state index is -0.878. The van der Waals surface area contributed by atoms with E-state index in [0.717, 1.165) is 16.5 Å². The zero-order valence-electron chi connectivity index (χ0n) is 10.6. The number of aliphatic carboxylic acids is 1. The van der Waals surface area contributed by atoms with Crippen molar-refractivity contribution in [2.45, 2.75) is 25.8 Å². The molecular formula is C14H16BrNO3. The Labute approximate surface area is 120 Å². The van der Waals surface area contributed by atoms with Gasteiger partial charge in [0.05, 0.1) is 17.9 Å². The molecule has 2 N–H and O–H groups in total. The SMILES string of the molecule is CCC(NC(=O)C1CC1C(=O)O)c1ccc(Br)cc1. The third-order valence-corrected chi connectivity index (χ3v) is 3.97. The molecule has 1 amide bonds. The Kier molecular flexibility index (Phi) is 4.24. The van der Waals surface area contributed by atoms with E-state index < -0.39 is 11.9 Å². The van der Waals surface area contributed by atoms with Gasteiger partial charge in [-0.1, -0.05) is 35.0 Å². The van der Waals surface area contributed by atoms with E-state index >= 15 is 0 Å². The Hall–Kier alpha value is -1.36. The molecule has 0 radical (unpaired) electrons. The molecule has 0 heterocycles. The van der Waals surface area contributed by atoms with Gasteiger partial charge in [0.25, 0.3) is 0 Å². The first-order valence-electron chi connectivity index (χ1n) is 6.31. The normalized spacial score (nSPS) is 22.6. The Balaban J connectivity index is 1.98. The number of hydrogen-bond acceptors (Lipinski definition) is 2. The first kappa shape index (κ1) is 14.1. The average molecular weight is 326 g/mol. The molecule has 3 unspecified atom stereocenters. The highest BCUT2D eigenvalue weighted by Gasteiger charge is 2.48. The van der Waals surface area contributed by atoms with E-state index in [1.807, 2.05) is 31.2 Å². The maximum atomic E-state index is 11.9. The number of carbonyl (C=O) groups excluding carboxylic acids is 1. The number of hydrogen-bond donors (Lipinski definition) is 2. The van der Waals surface area contributed by atoms with E-state index in [9.17, 15) is 9.59 Å². The molecule has 1 fully saturated rings. The summed E-state index contributed by atoms with van der Waals surface area (Å²) in [5.41, 5.74) is 1.03. The fourth-order valence-electron chi connectivity index (χ4n) is 2.15. The summed E-state index contributed by atoms with van der Waals surface area (Å²) in [5, 5.41) is 11.8. The molecule has 0 spiro atoms. The highest BCUT2D eigenvalue weighted by molar-refractivity contribution is 9.10. The number of carboxylic acid groups (broad SMARTS) is 1. The molecule has 102 valence electrons. The van der Waals surface area contributed by atoms with Crippen molar-refractivity contribution < 1.29 is 14.7 Å². The Morgan fingerprint density at radius 1 is 1.37 bits per heavy atom. The van der Waals surface area contributed by atoms with E-state index in [1.165, 1.54) is 0 Å². The maximum Gasteiger partial charge on any atom is 0.307 e. The topological polar surface area (TPSA) is 66.4 Å². The van der Waals surface area contributed by atoms with Crippen LogP contribution in [0.5, 0.6) is 0 Å². The van der Waals surface area contributed by atoms with E-state index in [0.29, 0.717) is 6.42 Å². The predicted molar refractivity (Wildman–Crippen MR) is 74.5 cm³/mol. The molecule has 1 aliphatic rings. The van der Waals surface area contributed by atoms with Crippen LogP contribution in [0.1, 0.15) is 31.4 Å². The minimum Gasteiger partial charge on any atom is -0.481 e. The largest absolute Gasteiger partial charge is 0.481 e. The molecule has 1 aromatic carbocycles. The lowest BCUT2D eigenvalue weighted by atomic mass is 10.0. The number of benzene rings is 1. The van der Waals surface area contributed by atoms with E-state index in [-0.39, 0.29) is 17.9 Å². The molecule has 3 atom stereocenters. The number of nitrogens with one attached hydrogen (secondary N) is 1. The fourth-order valence-corrected chi connectivity index (χ4v) is 2.42. The van der Waals surface area contributed by atoms with Crippen LogP contribution in [0.15, 0.2) is 28.7 Å². The zero-order chi connectivity index (χ0) is 14.0. The van der Waals surface area contributed by atoms with Gasteiger partial charge in [-0.3, -0.25) is 9.59 Å². The van der Waals surface area contributed by atoms with E-state index in [1.54, 1.807) is 0 Å². The summed E-state index contributed by atoms with van der Waals surface area (Å²) in [6.07, 6.45) is 1.23. The van der Waals surface area contributed by atoms with Gasteiger partial charge in [0, 0.05) is 4.47 Å². The average Bonchev–Trinajstić information content (AvgIpc) is 3.17. The van der Waals surface area contributed by atoms with Crippen LogP contribution < -0.4 is 5.32 Å². The minimum absolute atomic E-state index is 0.0596. The number of carboxylic acids is 1. The maximum absolute atomic E-state index is 11.9. The van der Waals surface area contributed by atoms with Gasteiger partial charge in [0.15, 0.2) is 0 Å². The predicted octanol–water partition coefficient (Wildman–Crippen LogP) is 2.74. The quantitative estimate of drug-likeness (QED) is 0.874. The molecule has 0 aliphatic heterocycles. The molecule has 1 aliphatic carbocycles. The molecule has 1 saturated carbocycles. The number of amides is 1. The Morgan fingerprint density at radius 2 is 2.00 bits per heavy atom. The summed E-state index contributed by atoms with van der Waals surface area (Å²) < 4.78 is 0.991. The molecule has 2 rings (SSSR count).